The third kappa shape index (κ3) is 5.75. The molecular weight excluding hydrogens is 350 g/mol. The number of hydrogen-bond acceptors (Lipinski definition) is 3. The van der Waals surface area contributed by atoms with Crippen LogP contribution in [-0.4, -0.2) is 52.9 Å². The van der Waals surface area contributed by atoms with Gasteiger partial charge in [0.05, 0.1) is 12.7 Å². The minimum absolute atomic E-state index is 0.0317. The Balaban J connectivity index is 1.54. The van der Waals surface area contributed by atoms with Gasteiger partial charge >= 0.3 is 0 Å². The molecule has 2 unspecified atom stereocenters. The van der Waals surface area contributed by atoms with E-state index in [1.54, 1.807) is 0 Å². The molecule has 1 fully saturated rings. The molecule has 1 aliphatic heterocycles. The molecule has 0 radical (unpaired) electrons. The van der Waals surface area contributed by atoms with E-state index in [4.69, 9.17) is 9.73 Å². The van der Waals surface area contributed by atoms with Crippen molar-refractivity contribution in [1.82, 2.24) is 20.0 Å². The zero-order valence-corrected chi connectivity index (χ0v) is 17.6. The molecule has 0 saturated carbocycles. The highest BCUT2D eigenvalue weighted by Crippen LogP contribution is 2.21. The number of aliphatic imine (C=N–C) groups is 1. The smallest absolute Gasteiger partial charge is 0.194 e. The first-order valence-corrected chi connectivity index (χ1v) is 10.3. The van der Waals surface area contributed by atoms with Gasteiger partial charge < -0.3 is 15.0 Å². The fourth-order valence-corrected chi connectivity index (χ4v) is 3.70. The molecule has 1 N–H and O–H groups in total. The molecule has 6 heteroatoms. The Labute approximate surface area is 168 Å². The van der Waals surface area contributed by atoms with Crippen molar-refractivity contribution >= 4 is 5.96 Å². The van der Waals surface area contributed by atoms with Gasteiger partial charge in [0.2, 0.25) is 0 Å². The maximum absolute atomic E-state index is 6.03. The van der Waals surface area contributed by atoms with E-state index in [1.807, 2.05) is 30.1 Å². The lowest BCUT2D eigenvalue weighted by Crippen LogP contribution is -2.40. The number of nitrogens with zero attached hydrogens (tertiary/aromatic N) is 4. The molecule has 1 aromatic carbocycles. The largest absolute Gasteiger partial charge is 0.489 e. The number of aromatic nitrogens is 2. The molecule has 152 valence electrons. The number of hydrogen-bond donors (Lipinski definition) is 1. The fourth-order valence-electron chi connectivity index (χ4n) is 3.70. The van der Waals surface area contributed by atoms with Crippen LogP contribution < -0.4 is 10.1 Å². The van der Waals surface area contributed by atoms with Crippen LogP contribution in [0.2, 0.25) is 0 Å². The Morgan fingerprint density at radius 3 is 3.00 bits per heavy atom. The lowest BCUT2D eigenvalue weighted by molar-refractivity contribution is 0.229. The molecule has 3 rings (SSSR count). The van der Waals surface area contributed by atoms with E-state index in [9.17, 15) is 0 Å². The lowest BCUT2D eigenvalue weighted by atomic mass is 10.0. The molecule has 1 saturated heterocycles. The van der Waals surface area contributed by atoms with Gasteiger partial charge in [-0.05, 0) is 62.8 Å². The van der Waals surface area contributed by atoms with Crippen LogP contribution in [0.5, 0.6) is 5.75 Å². The SMILES string of the molecule is CCNC(=NCC(C)Oc1cccc(C)c1)N1CCC(Cc2cnn(C)c2)C1. The summed E-state index contributed by atoms with van der Waals surface area (Å²) in [7, 11) is 1.97. The molecule has 0 spiro atoms. The number of guanidine groups is 1. The van der Waals surface area contributed by atoms with Gasteiger partial charge in [0.1, 0.15) is 11.9 Å². The molecular formula is C22H33N5O. The number of ether oxygens (including phenoxy) is 1. The first kappa shape index (κ1) is 20.2. The van der Waals surface area contributed by atoms with Crippen LogP contribution in [0.15, 0.2) is 41.7 Å². The van der Waals surface area contributed by atoms with E-state index >= 15 is 0 Å². The molecule has 1 aliphatic rings. The molecule has 2 atom stereocenters. The summed E-state index contributed by atoms with van der Waals surface area (Å²) in [5, 5.41) is 7.73. The van der Waals surface area contributed by atoms with E-state index < -0.39 is 0 Å². The maximum atomic E-state index is 6.03. The van der Waals surface area contributed by atoms with Crippen LogP contribution in [0, 0.1) is 12.8 Å². The van der Waals surface area contributed by atoms with Gasteiger partial charge in [0.25, 0.3) is 0 Å². The number of rotatable bonds is 7. The molecule has 0 aliphatic carbocycles. The summed E-state index contributed by atoms with van der Waals surface area (Å²) in [6.07, 6.45) is 6.40. The van der Waals surface area contributed by atoms with E-state index in [-0.39, 0.29) is 6.10 Å². The van der Waals surface area contributed by atoms with Crippen molar-refractivity contribution in [1.29, 1.82) is 0 Å². The van der Waals surface area contributed by atoms with E-state index in [0.717, 1.165) is 37.8 Å². The normalized spacial score (nSPS) is 18.4. The minimum Gasteiger partial charge on any atom is -0.489 e. The van der Waals surface area contributed by atoms with Crippen LogP contribution in [0.25, 0.3) is 0 Å². The molecule has 2 heterocycles. The highest BCUT2D eigenvalue weighted by molar-refractivity contribution is 5.80. The Bertz CT molecular complexity index is 785. The van der Waals surface area contributed by atoms with Gasteiger partial charge in [0.15, 0.2) is 5.96 Å². The maximum Gasteiger partial charge on any atom is 0.194 e. The molecule has 28 heavy (non-hydrogen) atoms. The van der Waals surface area contributed by atoms with Crippen LogP contribution in [0.3, 0.4) is 0 Å². The van der Waals surface area contributed by atoms with Crippen LogP contribution in [0.4, 0.5) is 0 Å². The second-order valence-corrected chi connectivity index (χ2v) is 7.77. The van der Waals surface area contributed by atoms with Crippen molar-refractivity contribution in [3.63, 3.8) is 0 Å². The van der Waals surface area contributed by atoms with E-state index in [0.29, 0.717) is 12.5 Å². The van der Waals surface area contributed by atoms with Crippen molar-refractivity contribution in [3.8, 4) is 5.75 Å². The van der Waals surface area contributed by atoms with Gasteiger partial charge in [-0.15, -0.1) is 0 Å². The number of aryl methyl sites for hydroxylation is 2. The molecule has 0 bridgehead atoms. The summed E-state index contributed by atoms with van der Waals surface area (Å²) in [6.45, 7) is 9.86. The van der Waals surface area contributed by atoms with Crippen molar-refractivity contribution in [2.24, 2.45) is 18.0 Å². The third-order valence-electron chi connectivity index (χ3n) is 5.03. The van der Waals surface area contributed by atoms with E-state index in [2.05, 4.69) is 54.4 Å². The topological polar surface area (TPSA) is 54.7 Å². The summed E-state index contributed by atoms with van der Waals surface area (Å²) < 4.78 is 7.90. The number of nitrogens with one attached hydrogen (secondary N) is 1. The summed E-state index contributed by atoms with van der Waals surface area (Å²) in [6, 6.07) is 8.17. The quantitative estimate of drug-likeness (QED) is 0.590. The Kier molecular flexibility index (Phi) is 6.95. The van der Waals surface area contributed by atoms with E-state index in [1.165, 1.54) is 17.5 Å². The Morgan fingerprint density at radius 2 is 2.29 bits per heavy atom. The van der Waals surface area contributed by atoms with Crippen molar-refractivity contribution in [3.05, 3.63) is 47.8 Å². The highest BCUT2D eigenvalue weighted by atomic mass is 16.5. The summed E-state index contributed by atoms with van der Waals surface area (Å²) in [5.41, 5.74) is 2.52. The van der Waals surface area contributed by atoms with Gasteiger partial charge in [-0.2, -0.15) is 5.10 Å². The second kappa shape index (κ2) is 9.62. The molecule has 1 aromatic heterocycles. The number of benzene rings is 1. The predicted octanol–water partition coefficient (Wildman–Crippen LogP) is 3.03. The van der Waals surface area contributed by atoms with Gasteiger partial charge in [-0.25, -0.2) is 4.99 Å². The summed E-state index contributed by atoms with van der Waals surface area (Å²) in [4.78, 5) is 7.23. The molecule has 0 amide bonds. The predicted molar refractivity (Wildman–Crippen MR) is 114 cm³/mol. The highest BCUT2D eigenvalue weighted by Gasteiger charge is 2.25. The Hall–Kier alpha value is -2.50. The third-order valence-corrected chi connectivity index (χ3v) is 5.03. The zero-order valence-electron chi connectivity index (χ0n) is 17.6. The van der Waals surface area contributed by atoms with Crippen molar-refractivity contribution < 1.29 is 4.74 Å². The minimum atomic E-state index is 0.0317. The van der Waals surface area contributed by atoms with Gasteiger partial charge in [-0.1, -0.05) is 12.1 Å². The van der Waals surface area contributed by atoms with Crippen LogP contribution in [0.1, 0.15) is 31.4 Å². The van der Waals surface area contributed by atoms with Crippen LogP contribution in [-0.2, 0) is 13.5 Å². The average Bonchev–Trinajstić information content (AvgIpc) is 3.28. The zero-order chi connectivity index (χ0) is 19.9. The van der Waals surface area contributed by atoms with Gasteiger partial charge in [-0.3, -0.25) is 4.68 Å². The Morgan fingerprint density at radius 1 is 1.43 bits per heavy atom. The standard InChI is InChI=1S/C22H33N5O/c1-5-23-22(24-13-18(3)28-21-8-6-7-17(2)11-21)27-10-9-19(16-27)12-20-14-25-26(4)15-20/h6-8,11,14-15,18-19H,5,9-10,12-13,16H2,1-4H3,(H,23,24). The van der Waals surface area contributed by atoms with Crippen LogP contribution >= 0.6 is 0 Å². The first-order chi connectivity index (χ1) is 13.5. The average molecular weight is 384 g/mol. The molecule has 6 nitrogen and oxygen atoms in total. The summed E-state index contributed by atoms with van der Waals surface area (Å²) >= 11 is 0. The van der Waals surface area contributed by atoms with Crippen molar-refractivity contribution in [2.75, 3.05) is 26.2 Å². The van der Waals surface area contributed by atoms with Gasteiger partial charge in [0, 0.05) is 32.9 Å². The van der Waals surface area contributed by atoms with Crippen molar-refractivity contribution in [2.45, 2.75) is 39.7 Å². The monoisotopic (exact) mass is 383 g/mol. The summed E-state index contributed by atoms with van der Waals surface area (Å²) in [5.74, 6) is 2.55. The first-order valence-electron chi connectivity index (χ1n) is 10.3. The lowest BCUT2D eigenvalue weighted by Gasteiger charge is -2.22. The number of likely N-dealkylation sites (tertiary alicyclic amines) is 1. The fraction of sp³-hybridized carbons (Fsp3) is 0.545. The molecule has 2 aromatic rings. The second-order valence-electron chi connectivity index (χ2n) is 7.77.